The lowest BCUT2D eigenvalue weighted by atomic mass is 9.96. The summed E-state index contributed by atoms with van der Waals surface area (Å²) in [6.45, 7) is 4.17. The fourth-order valence-electron chi connectivity index (χ4n) is 3.50. The van der Waals surface area contributed by atoms with Crippen LogP contribution < -0.4 is 5.32 Å². The SMILES string of the molecule is Cc1ccc(-c2nc(CN3CCC(C(=O)Nc4cccc(F)c4)CC3)no2)cc1. The smallest absolute Gasteiger partial charge is 0.257 e. The minimum atomic E-state index is -0.359. The van der Waals surface area contributed by atoms with E-state index in [2.05, 4.69) is 20.4 Å². The number of piperidine rings is 1. The van der Waals surface area contributed by atoms with Gasteiger partial charge in [0.25, 0.3) is 5.89 Å². The second kappa shape index (κ2) is 8.53. The van der Waals surface area contributed by atoms with Gasteiger partial charge in [0.15, 0.2) is 5.82 Å². The maximum atomic E-state index is 13.3. The lowest BCUT2D eigenvalue weighted by Crippen LogP contribution is -2.38. The van der Waals surface area contributed by atoms with Gasteiger partial charge in [-0.05, 0) is 63.2 Å². The molecule has 150 valence electrons. The number of nitrogens with zero attached hydrogens (tertiary/aromatic N) is 3. The number of likely N-dealkylation sites (tertiary alicyclic amines) is 1. The van der Waals surface area contributed by atoms with Crippen molar-refractivity contribution in [2.45, 2.75) is 26.3 Å². The highest BCUT2D eigenvalue weighted by atomic mass is 19.1. The Morgan fingerprint density at radius 3 is 2.69 bits per heavy atom. The molecule has 1 aliphatic heterocycles. The van der Waals surface area contributed by atoms with Crippen LogP contribution in [-0.4, -0.2) is 34.0 Å². The molecule has 1 aliphatic rings. The Bertz CT molecular complexity index is 978. The van der Waals surface area contributed by atoms with E-state index in [1.807, 2.05) is 31.2 Å². The molecule has 4 rings (SSSR count). The summed E-state index contributed by atoms with van der Waals surface area (Å²) in [6, 6.07) is 13.9. The third kappa shape index (κ3) is 4.86. The van der Waals surface area contributed by atoms with Crippen LogP contribution in [0.5, 0.6) is 0 Å². The van der Waals surface area contributed by atoms with Crippen molar-refractivity contribution in [1.82, 2.24) is 15.0 Å². The Balaban J connectivity index is 1.29. The Morgan fingerprint density at radius 2 is 1.97 bits per heavy atom. The van der Waals surface area contributed by atoms with Crippen molar-refractivity contribution < 1.29 is 13.7 Å². The number of nitrogens with one attached hydrogen (secondary N) is 1. The maximum Gasteiger partial charge on any atom is 0.257 e. The summed E-state index contributed by atoms with van der Waals surface area (Å²) in [7, 11) is 0. The number of aromatic nitrogens is 2. The molecule has 0 spiro atoms. The summed E-state index contributed by atoms with van der Waals surface area (Å²) in [5.74, 6) is 0.662. The molecular weight excluding hydrogens is 371 g/mol. The number of hydrogen-bond acceptors (Lipinski definition) is 5. The normalized spacial score (nSPS) is 15.4. The first kappa shape index (κ1) is 19.3. The first-order valence-corrected chi connectivity index (χ1v) is 9.75. The van der Waals surface area contributed by atoms with Gasteiger partial charge in [-0.15, -0.1) is 0 Å². The molecule has 6 nitrogen and oxygen atoms in total. The van der Waals surface area contributed by atoms with E-state index in [0.29, 0.717) is 23.9 Å². The van der Waals surface area contributed by atoms with Gasteiger partial charge in [0, 0.05) is 17.2 Å². The number of carbonyl (C=O) groups is 1. The molecule has 1 saturated heterocycles. The predicted molar refractivity (Wildman–Crippen MR) is 108 cm³/mol. The summed E-state index contributed by atoms with van der Waals surface area (Å²) >= 11 is 0. The fraction of sp³-hybridized carbons (Fsp3) is 0.318. The van der Waals surface area contributed by atoms with Crippen LogP contribution in [0.15, 0.2) is 53.1 Å². The van der Waals surface area contributed by atoms with Crippen molar-refractivity contribution in [3.8, 4) is 11.5 Å². The molecule has 3 aromatic rings. The number of anilines is 1. The Kier molecular flexibility index (Phi) is 5.67. The first-order valence-electron chi connectivity index (χ1n) is 9.75. The second-order valence-corrected chi connectivity index (χ2v) is 7.43. The predicted octanol–water partition coefficient (Wildman–Crippen LogP) is 4.03. The topological polar surface area (TPSA) is 71.3 Å². The van der Waals surface area contributed by atoms with Gasteiger partial charge in [0.1, 0.15) is 5.82 Å². The van der Waals surface area contributed by atoms with Crippen LogP contribution in [0.2, 0.25) is 0 Å². The van der Waals surface area contributed by atoms with Gasteiger partial charge in [-0.1, -0.05) is 28.9 Å². The minimum absolute atomic E-state index is 0.0588. The molecule has 2 heterocycles. The van der Waals surface area contributed by atoms with E-state index in [1.165, 1.54) is 17.7 Å². The molecule has 29 heavy (non-hydrogen) atoms. The van der Waals surface area contributed by atoms with Gasteiger partial charge in [-0.2, -0.15) is 4.98 Å². The third-order valence-electron chi connectivity index (χ3n) is 5.18. The molecule has 0 saturated carbocycles. The Morgan fingerprint density at radius 1 is 1.21 bits per heavy atom. The first-order chi connectivity index (χ1) is 14.1. The average Bonchev–Trinajstić information content (AvgIpc) is 3.17. The zero-order chi connectivity index (χ0) is 20.2. The number of rotatable bonds is 5. The van der Waals surface area contributed by atoms with Crippen LogP contribution in [0, 0.1) is 18.7 Å². The zero-order valence-corrected chi connectivity index (χ0v) is 16.3. The molecule has 0 aliphatic carbocycles. The summed E-state index contributed by atoms with van der Waals surface area (Å²) in [4.78, 5) is 19.1. The van der Waals surface area contributed by atoms with Crippen LogP contribution in [0.25, 0.3) is 11.5 Å². The van der Waals surface area contributed by atoms with Crippen LogP contribution in [-0.2, 0) is 11.3 Å². The van der Waals surface area contributed by atoms with Crippen LogP contribution in [0.4, 0.5) is 10.1 Å². The number of benzene rings is 2. The van der Waals surface area contributed by atoms with Gasteiger partial charge in [0.2, 0.25) is 5.91 Å². The lowest BCUT2D eigenvalue weighted by Gasteiger charge is -2.30. The highest BCUT2D eigenvalue weighted by Gasteiger charge is 2.26. The molecule has 2 aromatic carbocycles. The van der Waals surface area contributed by atoms with Crippen molar-refractivity contribution in [2.75, 3.05) is 18.4 Å². The van der Waals surface area contributed by atoms with Crippen molar-refractivity contribution in [3.63, 3.8) is 0 Å². The molecule has 1 fully saturated rings. The summed E-state index contributed by atoms with van der Waals surface area (Å²) in [5.41, 5.74) is 2.58. The van der Waals surface area contributed by atoms with E-state index < -0.39 is 0 Å². The molecule has 0 bridgehead atoms. The van der Waals surface area contributed by atoms with Gasteiger partial charge in [0.05, 0.1) is 6.54 Å². The molecule has 0 radical (unpaired) electrons. The second-order valence-electron chi connectivity index (χ2n) is 7.43. The minimum Gasteiger partial charge on any atom is -0.334 e. The van der Waals surface area contributed by atoms with E-state index in [9.17, 15) is 9.18 Å². The fourth-order valence-corrected chi connectivity index (χ4v) is 3.50. The number of hydrogen-bond donors (Lipinski definition) is 1. The highest BCUT2D eigenvalue weighted by molar-refractivity contribution is 5.92. The number of carbonyl (C=O) groups excluding carboxylic acids is 1. The summed E-state index contributed by atoms with van der Waals surface area (Å²) in [5, 5.41) is 6.89. The van der Waals surface area contributed by atoms with E-state index in [0.717, 1.165) is 31.5 Å². The molecular formula is C22H23FN4O2. The van der Waals surface area contributed by atoms with Crippen molar-refractivity contribution in [1.29, 1.82) is 0 Å². The largest absolute Gasteiger partial charge is 0.334 e. The maximum absolute atomic E-state index is 13.3. The molecule has 7 heteroatoms. The number of aryl methyl sites for hydroxylation is 1. The lowest BCUT2D eigenvalue weighted by molar-refractivity contribution is -0.121. The number of halogens is 1. The van der Waals surface area contributed by atoms with Crippen molar-refractivity contribution in [3.05, 3.63) is 65.7 Å². The van der Waals surface area contributed by atoms with Gasteiger partial charge < -0.3 is 9.84 Å². The van der Waals surface area contributed by atoms with Crippen LogP contribution in [0.3, 0.4) is 0 Å². The molecule has 1 aromatic heterocycles. The van der Waals surface area contributed by atoms with E-state index in [4.69, 9.17) is 4.52 Å². The molecule has 1 N–H and O–H groups in total. The molecule has 0 atom stereocenters. The van der Waals surface area contributed by atoms with Gasteiger partial charge in [-0.25, -0.2) is 4.39 Å². The molecule has 1 amide bonds. The quantitative estimate of drug-likeness (QED) is 0.707. The Hall–Kier alpha value is -3.06. The van der Waals surface area contributed by atoms with Crippen molar-refractivity contribution in [2.24, 2.45) is 5.92 Å². The zero-order valence-electron chi connectivity index (χ0n) is 16.3. The van der Waals surface area contributed by atoms with Crippen LogP contribution >= 0.6 is 0 Å². The van der Waals surface area contributed by atoms with E-state index in [-0.39, 0.29) is 17.6 Å². The number of amides is 1. The third-order valence-corrected chi connectivity index (χ3v) is 5.18. The summed E-state index contributed by atoms with van der Waals surface area (Å²) < 4.78 is 18.7. The van der Waals surface area contributed by atoms with Crippen molar-refractivity contribution >= 4 is 11.6 Å². The Labute approximate surface area is 168 Å². The summed E-state index contributed by atoms with van der Waals surface area (Å²) in [6.07, 6.45) is 1.48. The van der Waals surface area contributed by atoms with Gasteiger partial charge in [-0.3, -0.25) is 9.69 Å². The van der Waals surface area contributed by atoms with Crippen LogP contribution in [0.1, 0.15) is 24.2 Å². The van der Waals surface area contributed by atoms with Gasteiger partial charge >= 0.3 is 0 Å². The van der Waals surface area contributed by atoms with E-state index >= 15 is 0 Å². The standard InChI is InChI=1S/C22H23FN4O2/c1-15-5-7-17(8-6-15)22-25-20(26-29-22)14-27-11-9-16(10-12-27)21(28)24-19-4-2-3-18(23)13-19/h2-8,13,16H,9-12,14H2,1H3,(H,24,28). The van der Waals surface area contributed by atoms with E-state index in [1.54, 1.807) is 12.1 Å². The molecule has 0 unspecified atom stereocenters. The monoisotopic (exact) mass is 394 g/mol. The average molecular weight is 394 g/mol. The highest BCUT2D eigenvalue weighted by Crippen LogP contribution is 2.22.